The number of nitrogens with zero attached hydrogens (tertiary/aromatic N) is 3. The molecule has 1 amide bonds. The molecule has 0 saturated heterocycles. The van der Waals surface area contributed by atoms with E-state index in [0.717, 1.165) is 36.6 Å². The van der Waals surface area contributed by atoms with E-state index in [1.165, 1.54) is 24.0 Å². The van der Waals surface area contributed by atoms with Gasteiger partial charge in [-0.3, -0.25) is 9.78 Å². The Kier molecular flexibility index (Phi) is 5.04. The Hall–Kier alpha value is -3.09. The third kappa shape index (κ3) is 3.84. The fourth-order valence-electron chi connectivity index (χ4n) is 5.69. The fraction of sp³-hybridized carbons (Fsp3) is 0.417. The van der Waals surface area contributed by atoms with Crippen LogP contribution in [0.4, 0.5) is 16.0 Å². The van der Waals surface area contributed by atoms with Gasteiger partial charge in [-0.1, -0.05) is 6.92 Å². The summed E-state index contributed by atoms with van der Waals surface area (Å²) in [4.78, 5) is 25.0. The predicted octanol–water partition coefficient (Wildman–Crippen LogP) is 4.54. The van der Waals surface area contributed by atoms with Crippen LogP contribution < -0.4 is 11.1 Å². The molecular weight excluding hydrogens is 393 g/mol. The molecule has 0 radical (unpaired) electrons. The van der Waals surface area contributed by atoms with Crippen LogP contribution in [0, 0.1) is 29.5 Å². The largest absolute Gasteiger partial charge is 0.368 e. The Morgan fingerprint density at radius 1 is 1.10 bits per heavy atom. The minimum absolute atomic E-state index is 0.00509. The number of carbonyl (C=O) groups excluding carboxylic acids is 1. The number of benzene rings is 1. The summed E-state index contributed by atoms with van der Waals surface area (Å²) in [5, 5.41) is 3.84. The number of hydrogen-bond donors (Lipinski definition) is 2. The topological polar surface area (TPSA) is 93.8 Å². The number of fused-ring (bicyclic) bond motifs is 2. The number of halogens is 1. The Labute approximate surface area is 180 Å². The predicted molar refractivity (Wildman–Crippen MR) is 118 cm³/mol. The number of nitrogen functional groups attached to an aromatic ring is 1. The quantitative estimate of drug-likeness (QED) is 0.647. The summed E-state index contributed by atoms with van der Waals surface area (Å²) in [6.45, 7) is 2.01. The number of nitrogens with two attached hydrogens (primary N) is 1. The molecule has 3 N–H and O–H groups in total. The molecule has 0 aliphatic heterocycles. The number of carbonyl (C=O) groups is 1. The van der Waals surface area contributed by atoms with E-state index >= 15 is 0 Å². The molecule has 1 aromatic carbocycles. The molecule has 0 bridgehead atoms. The smallest absolute Gasteiger partial charge is 0.227 e. The van der Waals surface area contributed by atoms with Crippen LogP contribution in [0.5, 0.6) is 0 Å². The molecule has 6 nitrogen and oxygen atoms in total. The first kappa shape index (κ1) is 19.8. The van der Waals surface area contributed by atoms with Gasteiger partial charge in [-0.2, -0.15) is 0 Å². The van der Waals surface area contributed by atoms with Gasteiger partial charge in [0.1, 0.15) is 5.82 Å². The molecule has 7 heteroatoms. The highest BCUT2D eigenvalue weighted by Crippen LogP contribution is 2.54. The van der Waals surface area contributed by atoms with Gasteiger partial charge in [0.2, 0.25) is 11.9 Å². The molecule has 2 aromatic heterocycles. The van der Waals surface area contributed by atoms with E-state index in [0.29, 0.717) is 29.4 Å². The Morgan fingerprint density at radius 2 is 1.81 bits per heavy atom. The van der Waals surface area contributed by atoms with E-state index in [9.17, 15) is 9.18 Å². The molecular formula is C24H26FN5O. The lowest BCUT2D eigenvalue weighted by atomic mass is 9.86. The second kappa shape index (κ2) is 7.87. The maximum absolute atomic E-state index is 13.8. The van der Waals surface area contributed by atoms with Gasteiger partial charge in [0.15, 0.2) is 0 Å². The van der Waals surface area contributed by atoms with Crippen molar-refractivity contribution in [3.05, 3.63) is 54.2 Å². The molecule has 2 heterocycles. The van der Waals surface area contributed by atoms with Gasteiger partial charge in [0.25, 0.3) is 0 Å². The zero-order chi connectivity index (χ0) is 21.5. The van der Waals surface area contributed by atoms with E-state index in [-0.39, 0.29) is 23.6 Å². The molecule has 0 spiro atoms. The summed E-state index contributed by atoms with van der Waals surface area (Å²) in [6, 6.07) is 6.89. The lowest BCUT2D eigenvalue weighted by molar-refractivity contribution is -0.120. The number of aromatic nitrogens is 3. The molecule has 5 atom stereocenters. The zero-order valence-electron chi connectivity index (χ0n) is 17.5. The van der Waals surface area contributed by atoms with Crippen molar-refractivity contribution in [2.24, 2.45) is 23.7 Å². The first-order valence-electron chi connectivity index (χ1n) is 10.9. The normalized spacial score (nSPS) is 26.0. The van der Waals surface area contributed by atoms with Crippen LogP contribution >= 0.6 is 0 Å². The average molecular weight is 420 g/mol. The molecule has 160 valence electrons. The SMILES string of the molecule is CC(C(=O)Nc1cnc(N)nc1)C1C[C@H]2CC(c3ccnc4ccc(F)cc34)C[C@H]2C1. The maximum Gasteiger partial charge on any atom is 0.227 e. The lowest BCUT2D eigenvalue weighted by Gasteiger charge is -2.21. The van der Waals surface area contributed by atoms with Crippen LogP contribution in [-0.2, 0) is 4.79 Å². The Balaban J connectivity index is 1.24. The number of amides is 1. The van der Waals surface area contributed by atoms with E-state index in [2.05, 4.69) is 26.3 Å². The molecule has 2 aliphatic carbocycles. The molecule has 2 saturated carbocycles. The summed E-state index contributed by atoms with van der Waals surface area (Å²) in [6.07, 6.45) is 9.20. The van der Waals surface area contributed by atoms with Crippen molar-refractivity contribution >= 4 is 28.4 Å². The lowest BCUT2D eigenvalue weighted by Crippen LogP contribution is -2.26. The molecule has 2 aliphatic rings. The van der Waals surface area contributed by atoms with Crippen LogP contribution in [0.25, 0.3) is 10.9 Å². The molecule has 3 unspecified atom stereocenters. The van der Waals surface area contributed by atoms with Crippen LogP contribution in [0.15, 0.2) is 42.9 Å². The first-order chi connectivity index (χ1) is 15.0. The third-order valence-electron chi connectivity index (χ3n) is 7.29. The van der Waals surface area contributed by atoms with Crippen molar-refractivity contribution < 1.29 is 9.18 Å². The van der Waals surface area contributed by atoms with Gasteiger partial charge >= 0.3 is 0 Å². The van der Waals surface area contributed by atoms with Crippen molar-refractivity contribution in [3.8, 4) is 0 Å². The van der Waals surface area contributed by atoms with Crippen LogP contribution in [0.1, 0.15) is 44.1 Å². The van der Waals surface area contributed by atoms with Crippen molar-refractivity contribution in [1.29, 1.82) is 0 Å². The molecule has 2 fully saturated rings. The van der Waals surface area contributed by atoms with Gasteiger partial charge in [-0.15, -0.1) is 0 Å². The van der Waals surface area contributed by atoms with Gasteiger partial charge in [-0.25, -0.2) is 14.4 Å². The Morgan fingerprint density at radius 3 is 2.52 bits per heavy atom. The highest BCUT2D eigenvalue weighted by molar-refractivity contribution is 5.92. The summed E-state index contributed by atoms with van der Waals surface area (Å²) in [7, 11) is 0. The summed E-state index contributed by atoms with van der Waals surface area (Å²) in [5.41, 5.74) is 8.14. The highest BCUT2D eigenvalue weighted by atomic mass is 19.1. The number of anilines is 2. The Bertz CT molecular complexity index is 1100. The van der Waals surface area contributed by atoms with Crippen molar-refractivity contribution in [3.63, 3.8) is 0 Å². The molecule has 31 heavy (non-hydrogen) atoms. The molecule has 3 aromatic rings. The monoisotopic (exact) mass is 419 g/mol. The minimum atomic E-state index is -0.216. The number of nitrogens with one attached hydrogen (secondary N) is 1. The second-order valence-electron chi connectivity index (χ2n) is 9.09. The van der Waals surface area contributed by atoms with Gasteiger partial charge in [-0.05, 0) is 79.2 Å². The second-order valence-corrected chi connectivity index (χ2v) is 9.09. The number of rotatable bonds is 4. The van der Waals surface area contributed by atoms with Crippen LogP contribution in [0.3, 0.4) is 0 Å². The van der Waals surface area contributed by atoms with E-state index in [1.54, 1.807) is 12.1 Å². The summed E-state index contributed by atoms with van der Waals surface area (Å²) < 4.78 is 13.8. The molecule has 5 rings (SSSR count). The van der Waals surface area contributed by atoms with Gasteiger partial charge in [0, 0.05) is 17.5 Å². The van der Waals surface area contributed by atoms with Crippen LogP contribution in [-0.4, -0.2) is 20.9 Å². The first-order valence-corrected chi connectivity index (χ1v) is 10.9. The standard InChI is InChI=1S/C24H26FN5O/c1-13(23(31)30-19-11-28-24(26)29-12-19)14-6-15-8-17(9-16(15)7-14)20-4-5-27-22-3-2-18(25)10-21(20)22/h2-5,10-17H,6-9H2,1H3,(H,30,31)(H2,26,28,29)/t13?,14?,15-,16+,17?. The minimum Gasteiger partial charge on any atom is -0.368 e. The summed E-state index contributed by atoms with van der Waals surface area (Å²) in [5.74, 6) is 1.93. The zero-order valence-corrected chi connectivity index (χ0v) is 17.5. The highest BCUT2D eigenvalue weighted by Gasteiger charge is 2.44. The van der Waals surface area contributed by atoms with E-state index in [1.807, 2.05) is 13.1 Å². The van der Waals surface area contributed by atoms with Crippen LogP contribution in [0.2, 0.25) is 0 Å². The van der Waals surface area contributed by atoms with Crippen molar-refractivity contribution in [2.45, 2.75) is 38.5 Å². The van der Waals surface area contributed by atoms with Gasteiger partial charge < -0.3 is 11.1 Å². The van der Waals surface area contributed by atoms with Crippen molar-refractivity contribution in [2.75, 3.05) is 11.1 Å². The van der Waals surface area contributed by atoms with Crippen molar-refractivity contribution in [1.82, 2.24) is 15.0 Å². The maximum atomic E-state index is 13.8. The summed E-state index contributed by atoms with van der Waals surface area (Å²) >= 11 is 0. The van der Waals surface area contributed by atoms with Gasteiger partial charge in [0.05, 0.1) is 23.6 Å². The van der Waals surface area contributed by atoms with E-state index in [4.69, 9.17) is 5.73 Å². The number of hydrogen-bond acceptors (Lipinski definition) is 5. The average Bonchev–Trinajstić information content (AvgIpc) is 3.33. The fourth-order valence-corrected chi connectivity index (χ4v) is 5.69. The third-order valence-corrected chi connectivity index (χ3v) is 7.29. The number of pyridine rings is 1. The van der Waals surface area contributed by atoms with E-state index < -0.39 is 0 Å².